The first-order chi connectivity index (χ1) is 8.86. The Morgan fingerprint density at radius 1 is 1.22 bits per heavy atom. The molecule has 1 aromatic heterocycles. The lowest BCUT2D eigenvalue weighted by atomic mass is 9.81. The predicted octanol–water partition coefficient (Wildman–Crippen LogP) is 1.68. The highest BCUT2D eigenvalue weighted by atomic mass is 32.2. The summed E-state index contributed by atoms with van der Waals surface area (Å²) in [6, 6.07) is 0. The van der Waals surface area contributed by atoms with Crippen LogP contribution in [0.4, 0.5) is 0 Å². The summed E-state index contributed by atoms with van der Waals surface area (Å²) in [6.45, 7) is 4.21. The Kier molecular flexibility index (Phi) is 3.70. The molecule has 0 amide bonds. The zero-order chi connectivity index (χ0) is 12.3. The van der Waals surface area contributed by atoms with Crippen LogP contribution in [0.2, 0.25) is 0 Å². The lowest BCUT2D eigenvalue weighted by Gasteiger charge is -2.47. The highest BCUT2D eigenvalue weighted by Gasteiger charge is 2.40. The molecule has 0 N–H and O–H groups in total. The summed E-state index contributed by atoms with van der Waals surface area (Å²) < 4.78 is 5.63. The van der Waals surface area contributed by atoms with Crippen molar-refractivity contribution in [3.63, 3.8) is 0 Å². The van der Waals surface area contributed by atoms with E-state index in [1.54, 1.807) is 12.4 Å². The van der Waals surface area contributed by atoms with E-state index in [0.29, 0.717) is 5.41 Å². The van der Waals surface area contributed by atoms with Crippen molar-refractivity contribution in [1.29, 1.82) is 0 Å². The highest BCUT2D eigenvalue weighted by molar-refractivity contribution is 8.00. The second-order valence-electron chi connectivity index (χ2n) is 5.26. The summed E-state index contributed by atoms with van der Waals surface area (Å²) in [5, 5.41) is 0. The first kappa shape index (κ1) is 12.2. The zero-order valence-corrected chi connectivity index (χ0v) is 11.4. The number of hydrogen-bond donors (Lipinski definition) is 0. The molecular formula is C13H19N3OS. The van der Waals surface area contributed by atoms with Gasteiger partial charge in [0, 0.05) is 6.54 Å². The smallest absolute Gasteiger partial charge is 0.155 e. The molecule has 1 aromatic rings. The summed E-state index contributed by atoms with van der Waals surface area (Å²) in [7, 11) is 0. The minimum absolute atomic E-state index is 0.704. The normalized spacial score (nSPS) is 22.7. The average Bonchev–Trinajstić information content (AvgIpc) is 2.39. The fourth-order valence-corrected chi connectivity index (χ4v) is 3.94. The van der Waals surface area contributed by atoms with E-state index < -0.39 is 0 Å². The molecule has 3 rings (SSSR count). The van der Waals surface area contributed by atoms with E-state index in [9.17, 15) is 0 Å². The monoisotopic (exact) mass is 265 g/mol. The van der Waals surface area contributed by atoms with Crippen molar-refractivity contribution in [2.45, 2.75) is 12.8 Å². The Balaban J connectivity index is 1.37. The van der Waals surface area contributed by atoms with Crippen LogP contribution >= 0.6 is 11.8 Å². The van der Waals surface area contributed by atoms with Crippen LogP contribution < -0.4 is 4.74 Å². The minimum Gasteiger partial charge on any atom is -0.489 e. The Morgan fingerprint density at radius 3 is 2.56 bits per heavy atom. The van der Waals surface area contributed by atoms with Gasteiger partial charge in [0.05, 0.1) is 12.4 Å². The van der Waals surface area contributed by atoms with Gasteiger partial charge in [0.15, 0.2) is 5.75 Å². The molecule has 0 aromatic carbocycles. The van der Waals surface area contributed by atoms with E-state index in [-0.39, 0.29) is 0 Å². The molecule has 18 heavy (non-hydrogen) atoms. The number of ether oxygens (including phenoxy) is 1. The van der Waals surface area contributed by atoms with Crippen molar-refractivity contribution >= 4 is 11.8 Å². The van der Waals surface area contributed by atoms with E-state index in [0.717, 1.165) is 18.9 Å². The second-order valence-corrected chi connectivity index (χ2v) is 6.24. The van der Waals surface area contributed by atoms with Gasteiger partial charge in [-0.3, -0.25) is 4.90 Å². The van der Waals surface area contributed by atoms with Crippen LogP contribution in [0, 0.1) is 5.41 Å². The largest absolute Gasteiger partial charge is 0.489 e. The van der Waals surface area contributed by atoms with Gasteiger partial charge < -0.3 is 4.74 Å². The van der Waals surface area contributed by atoms with E-state index in [4.69, 9.17) is 4.74 Å². The standard InChI is InChI=1S/C13H19N3OS/c1-3-16(4-2-13(1)9-18-10-13)5-6-17-12-7-14-11-15-8-12/h7-8,11H,1-6,9-10H2. The molecule has 2 aliphatic rings. The molecule has 4 nitrogen and oxygen atoms in total. The lowest BCUT2D eigenvalue weighted by molar-refractivity contribution is 0.115. The number of nitrogens with zero attached hydrogens (tertiary/aromatic N) is 3. The Hall–Kier alpha value is -0.810. The van der Waals surface area contributed by atoms with E-state index in [2.05, 4.69) is 26.6 Å². The van der Waals surface area contributed by atoms with Crippen LogP contribution in [0.5, 0.6) is 5.75 Å². The van der Waals surface area contributed by atoms with Crippen LogP contribution in [0.1, 0.15) is 12.8 Å². The quantitative estimate of drug-likeness (QED) is 0.828. The fourth-order valence-electron chi connectivity index (χ4n) is 2.58. The number of rotatable bonds is 4. The van der Waals surface area contributed by atoms with Gasteiger partial charge in [0.1, 0.15) is 12.9 Å². The van der Waals surface area contributed by atoms with Crippen LogP contribution in [0.25, 0.3) is 0 Å². The molecule has 0 unspecified atom stereocenters. The van der Waals surface area contributed by atoms with Crippen molar-refractivity contribution in [3.8, 4) is 5.75 Å². The number of likely N-dealkylation sites (tertiary alicyclic amines) is 1. The Morgan fingerprint density at radius 2 is 1.94 bits per heavy atom. The van der Waals surface area contributed by atoms with Gasteiger partial charge in [-0.15, -0.1) is 0 Å². The van der Waals surface area contributed by atoms with Gasteiger partial charge >= 0.3 is 0 Å². The average molecular weight is 265 g/mol. The number of aromatic nitrogens is 2. The van der Waals surface area contributed by atoms with Crippen LogP contribution in [0.15, 0.2) is 18.7 Å². The number of piperidine rings is 1. The third-order valence-electron chi connectivity index (χ3n) is 3.95. The van der Waals surface area contributed by atoms with Gasteiger partial charge in [-0.1, -0.05) is 0 Å². The van der Waals surface area contributed by atoms with Gasteiger partial charge in [-0.2, -0.15) is 11.8 Å². The van der Waals surface area contributed by atoms with Crippen LogP contribution in [-0.2, 0) is 0 Å². The first-order valence-corrected chi connectivity index (χ1v) is 7.70. The summed E-state index contributed by atoms with van der Waals surface area (Å²) in [5.74, 6) is 3.54. The summed E-state index contributed by atoms with van der Waals surface area (Å²) in [5.41, 5.74) is 0.704. The highest BCUT2D eigenvalue weighted by Crippen LogP contribution is 2.45. The van der Waals surface area contributed by atoms with Crippen LogP contribution in [0.3, 0.4) is 0 Å². The minimum atomic E-state index is 0.704. The second kappa shape index (κ2) is 5.45. The Bertz CT molecular complexity index is 373. The van der Waals surface area contributed by atoms with Gasteiger partial charge in [0.25, 0.3) is 0 Å². The van der Waals surface area contributed by atoms with Crippen LogP contribution in [-0.4, -0.2) is 52.6 Å². The summed E-state index contributed by atoms with van der Waals surface area (Å²) in [6.07, 6.45) is 7.68. The maximum atomic E-state index is 5.63. The molecule has 0 saturated carbocycles. The van der Waals surface area contributed by atoms with Crippen molar-refractivity contribution in [2.75, 3.05) is 37.7 Å². The number of thioether (sulfide) groups is 1. The van der Waals surface area contributed by atoms with E-state index >= 15 is 0 Å². The molecule has 2 saturated heterocycles. The van der Waals surface area contributed by atoms with Gasteiger partial charge in [-0.05, 0) is 42.9 Å². The van der Waals surface area contributed by atoms with E-state index in [1.807, 2.05) is 0 Å². The molecule has 0 bridgehead atoms. The molecule has 2 aliphatic heterocycles. The predicted molar refractivity (Wildman–Crippen MR) is 73.0 cm³/mol. The molecule has 1 spiro atoms. The first-order valence-electron chi connectivity index (χ1n) is 6.54. The maximum absolute atomic E-state index is 5.63. The van der Waals surface area contributed by atoms with E-state index in [1.165, 1.54) is 43.8 Å². The van der Waals surface area contributed by atoms with Gasteiger partial charge in [0.2, 0.25) is 0 Å². The number of hydrogen-bond acceptors (Lipinski definition) is 5. The fraction of sp³-hybridized carbons (Fsp3) is 0.692. The topological polar surface area (TPSA) is 38.2 Å². The molecule has 0 radical (unpaired) electrons. The Labute approximate surface area is 112 Å². The summed E-state index contributed by atoms with van der Waals surface area (Å²) in [4.78, 5) is 10.4. The maximum Gasteiger partial charge on any atom is 0.155 e. The molecule has 2 fully saturated rings. The van der Waals surface area contributed by atoms with Gasteiger partial charge in [-0.25, -0.2) is 9.97 Å². The van der Waals surface area contributed by atoms with Crippen molar-refractivity contribution in [3.05, 3.63) is 18.7 Å². The molecule has 98 valence electrons. The third-order valence-corrected chi connectivity index (χ3v) is 5.58. The van der Waals surface area contributed by atoms with Crippen molar-refractivity contribution < 1.29 is 4.74 Å². The third kappa shape index (κ3) is 2.78. The zero-order valence-electron chi connectivity index (χ0n) is 10.5. The lowest BCUT2D eigenvalue weighted by Crippen LogP contribution is -2.47. The molecule has 3 heterocycles. The molecule has 5 heteroatoms. The van der Waals surface area contributed by atoms with Crippen molar-refractivity contribution in [2.24, 2.45) is 5.41 Å². The summed E-state index contributed by atoms with van der Waals surface area (Å²) >= 11 is 2.10. The molecule has 0 atom stereocenters. The SMILES string of the molecule is c1ncc(OCCN2CCC3(CC2)CSC3)cn1. The molecular weight excluding hydrogens is 246 g/mol. The van der Waals surface area contributed by atoms with Crippen molar-refractivity contribution in [1.82, 2.24) is 14.9 Å². The molecule has 0 aliphatic carbocycles.